The van der Waals surface area contributed by atoms with E-state index in [0.717, 1.165) is 17.8 Å². The Hall–Kier alpha value is -0.300. The fraction of sp³-hybridized carbons (Fsp3) is 0.846. The fourth-order valence-electron chi connectivity index (χ4n) is 4.54. The second kappa shape index (κ2) is 2.11. The molecule has 3 aliphatic rings. The Morgan fingerprint density at radius 2 is 2.07 bits per heavy atom. The van der Waals surface area contributed by atoms with E-state index >= 15 is 0 Å². The first-order valence-corrected chi connectivity index (χ1v) is 5.76. The van der Waals surface area contributed by atoms with Crippen molar-refractivity contribution in [2.45, 2.75) is 34.1 Å². The van der Waals surface area contributed by atoms with E-state index in [0.29, 0.717) is 17.4 Å². The third-order valence-electron chi connectivity index (χ3n) is 5.15. The number of aliphatic hydroxyl groups excluding tert-OH is 1. The van der Waals surface area contributed by atoms with Crippen LogP contribution in [0.25, 0.3) is 0 Å². The van der Waals surface area contributed by atoms with Crippen LogP contribution in [0.5, 0.6) is 0 Å². The molecule has 1 heteroatoms. The summed E-state index contributed by atoms with van der Waals surface area (Å²) in [6, 6.07) is 0. The van der Waals surface area contributed by atoms with Crippen molar-refractivity contribution < 1.29 is 5.11 Å². The summed E-state index contributed by atoms with van der Waals surface area (Å²) in [5.74, 6) is 2.45. The lowest BCUT2D eigenvalue weighted by molar-refractivity contribution is -0.169. The topological polar surface area (TPSA) is 20.2 Å². The van der Waals surface area contributed by atoms with Crippen molar-refractivity contribution in [3.05, 3.63) is 11.1 Å². The maximum absolute atomic E-state index is 9.34. The molecule has 3 aliphatic carbocycles. The van der Waals surface area contributed by atoms with Gasteiger partial charge in [-0.2, -0.15) is 0 Å². The van der Waals surface area contributed by atoms with Crippen LogP contribution in [0.2, 0.25) is 0 Å². The fourth-order valence-corrected chi connectivity index (χ4v) is 4.54. The maximum Gasteiger partial charge on any atom is 0.0647 e. The zero-order chi connectivity index (χ0) is 10.3. The third kappa shape index (κ3) is 0.641. The summed E-state index contributed by atoms with van der Waals surface area (Å²) in [6.07, 6.45) is 1.35. The molecule has 0 aromatic carbocycles. The Morgan fingerprint density at radius 1 is 1.43 bits per heavy atom. The summed E-state index contributed by atoms with van der Waals surface area (Å²) in [5.41, 5.74) is 3.96. The summed E-state index contributed by atoms with van der Waals surface area (Å²) in [7, 11) is 0. The van der Waals surface area contributed by atoms with E-state index in [-0.39, 0.29) is 0 Å². The van der Waals surface area contributed by atoms with E-state index in [2.05, 4.69) is 27.7 Å². The molecule has 0 heterocycles. The van der Waals surface area contributed by atoms with Crippen LogP contribution >= 0.6 is 0 Å². The minimum absolute atomic E-state index is 0.314. The van der Waals surface area contributed by atoms with Gasteiger partial charge in [-0.15, -0.1) is 0 Å². The lowest BCUT2D eigenvalue weighted by Crippen LogP contribution is -2.72. The molecule has 1 N–H and O–H groups in total. The van der Waals surface area contributed by atoms with Gasteiger partial charge in [0.05, 0.1) is 6.61 Å². The normalized spacial score (nSPS) is 49.1. The monoisotopic (exact) mass is 192 g/mol. The highest BCUT2D eigenvalue weighted by Gasteiger charge is 2.75. The van der Waals surface area contributed by atoms with Crippen LogP contribution < -0.4 is 0 Å². The zero-order valence-electron chi connectivity index (χ0n) is 9.59. The molecule has 0 aromatic heterocycles. The van der Waals surface area contributed by atoms with Gasteiger partial charge in [0.2, 0.25) is 0 Å². The predicted molar refractivity (Wildman–Crippen MR) is 56.8 cm³/mol. The molecule has 2 fully saturated rings. The number of allylic oxidation sites excluding steroid dienone is 1. The van der Waals surface area contributed by atoms with Crippen LogP contribution in [0.15, 0.2) is 11.1 Å². The molecule has 4 atom stereocenters. The van der Waals surface area contributed by atoms with Gasteiger partial charge in [0, 0.05) is 0 Å². The van der Waals surface area contributed by atoms with Crippen molar-refractivity contribution in [2.75, 3.05) is 6.61 Å². The molecule has 4 unspecified atom stereocenters. The number of hydrogen-bond donors (Lipinski definition) is 1. The Kier molecular flexibility index (Phi) is 1.35. The van der Waals surface area contributed by atoms with Crippen LogP contribution in [0.3, 0.4) is 0 Å². The van der Waals surface area contributed by atoms with E-state index < -0.39 is 0 Å². The first-order chi connectivity index (χ1) is 6.42. The van der Waals surface area contributed by atoms with E-state index in [1.54, 1.807) is 5.57 Å². The van der Waals surface area contributed by atoms with Gasteiger partial charge in [-0.3, -0.25) is 0 Å². The molecule has 0 aliphatic heterocycles. The summed E-state index contributed by atoms with van der Waals surface area (Å²) < 4.78 is 0. The molecule has 3 rings (SSSR count). The average Bonchev–Trinajstić information content (AvgIpc) is 2.14. The van der Waals surface area contributed by atoms with Gasteiger partial charge >= 0.3 is 0 Å². The van der Waals surface area contributed by atoms with Crippen LogP contribution in [-0.2, 0) is 0 Å². The van der Waals surface area contributed by atoms with Gasteiger partial charge in [-0.05, 0) is 40.6 Å². The SMILES string of the molecule is CC(C)(C)C1C2=C(CO)C3CC1C23C. The minimum Gasteiger partial charge on any atom is -0.392 e. The molecule has 0 radical (unpaired) electrons. The molecule has 14 heavy (non-hydrogen) atoms. The minimum atomic E-state index is 0.314. The van der Waals surface area contributed by atoms with Crippen molar-refractivity contribution in [2.24, 2.45) is 28.6 Å². The first kappa shape index (κ1) is 8.96. The quantitative estimate of drug-likeness (QED) is 0.633. The number of rotatable bonds is 1. The molecule has 0 spiro atoms. The van der Waals surface area contributed by atoms with Crippen molar-refractivity contribution in [1.29, 1.82) is 0 Å². The maximum atomic E-state index is 9.34. The standard InChI is InChI=1S/C13H20O/c1-12(2,3)11-9-5-8-7(6-14)10(11)13(8,9)4/h8-9,11,14H,5-6H2,1-4H3. The molecule has 1 nitrogen and oxygen atoms in total. The van der Waals surface area contributed by atoms with Gasteiger partial charge in [-0.1, -0.05) is 33.3 Å². The van der Waals surface area contributed by atoms with Crippen molar-refractivity contribution in [3.8, 4) is 0 Å². The zero-order valence-corrected chi connectivity index (χ0v) is 9.59. The summed E-state index contributed by atoms with van der Waals surface area (Å²) in [4.78, 5) is 0. The Morgan fingerprint density at radius 3 is 2.50 bits per heavy atom. The molecular formula is C13H20O. The Balaban J connectivity index is 2.01. The highest BCUT2D eigenvalue weighted by Crippen LogP contribution is 2.82. The molecular weight excluding hydrogens is 172 g/mol. The van der Waals surface area contributed by atoms with E-state index in [4.69, 9.17) is 0 Å². The van der Waals surface area contributed by atoms with E-state index in [9.17, 15) is 5.11 Å². The smallest absolute Gasteiger partial charge is 0.0647 e. The highest BCUT2D eigenvalue weighted by molar-refractivity contribution is 5.54. The van der Waals surface area contributed by atoms with Gasteiger partial charge in [0.15, 0.2) is 0 Å². The largest absolute Gasteiger partial charge is 0.392 e. The van der Waals surface area contributed by atoms with Crippen molar-refractivity contribution in [1.82, 2.24) is 0 Å². The van der Waals surface area contributed by atoms with Gasteiger partial charge in [0.25, 0.3) is 0 Å². The second-order valence-electron chi connectivity index (χ2n) is 6.62. The van der Waals surface area contributed by atoms with Crippen LogP contribution in [0, 0.1) is 28.6 Å². The van der Waals surface area contributed by atoms with E-state index in [1.807, 2.05) is 0 Å². The molecule has 0 bridgehead atoms. The highest BCUT2D eigenvalue weighted by atomic mass is 16.3. The summed E-state index contributed by atoms with van der Waals surface area (Å²) in [5, 5.41) is 9.34. The first-order valence-electron chi connectivity index (χ1n) is 5.76. The number of hydrogen-bond acceptors (Lipinski definition) is 1. The van der Waals surface area contributed by atoms with Crippen LogP contribution in [-0.4, -0.2) is 11.7 Å². The predicted octanol–water partition coefficient (Wildman–Crippen LogP) is 2.61. The molecule has 0 saturated heterocycles. The van der Waals surface area contributed by atoms with Gasteiger partial charge < -0.3 is 5.11 Å². The van der Waals surface area contributed by atoms with Crippen molar-refractivity contribution in [3.63, 3.8) is 0 Å². The Labute approximate surface area is 86.2 Å². The molecule has 78 valence electrons. The lowest BCUT2D eigenvalue weighted by Gasteiger charge is -2.79. The van der Waals surface area contributed by atoms with Gasteiger partial charge in [0.1, 0.15) is 0 Å². The molecule has 2 saturated carbocycles. The molecule has 0 amide bonds. The van der Waals surface area contributed by atoms with Gasteiger partial charge in [-0.25, -0.2) is 0 Å². The lowest BCUT2D eigenvalue weighted by atomic mass is 9.25. The summed E-state index contributed by atoms with van der Waals surface area (Å²) >= 11 is 0. The third-order valence-corrected chi connectivity index (χ3v) is 5.15. The summed E-state index contributed by atoms with van der Waals surface area (Å²) in [6.45, 7) is 9.73. The Bertz CT molecular complexity index is 334. The van der Waals surface area contributed by atoms with Crippen molar-refractivity contribution >= 4 is 0 Å². The second-order valence-corrected chi connectivity index (χ2v) is 6.62. The van der Waals surface area contributed by atoms with Crippen LogP contribution in [0.4, 0.5) is 0 Å². The average molecular weight is 192 g/mol. The van der Waals surface area contributed by atoms with E-state index in [1.165, 1.54) is 12.0 Å². The number of aliphatic hydroxyl groups is 1. The van der Waals surface area contributed by atoms with Crippen LogP contribution in [0.1, 0.15) is 34.1 Å². The molecule has 0 aromatic rings.